The number of benzene rings is 1. The van der Waals surface area contributed by atoms with Gasteiger partial charge >= 0.3 is 0 Å². The predicted molar refractivity (Wildman–Crippen MR) is 113 cm³/mol. The molecule has 2 saturated heterocycles. The average Bonchev–Trinajstić information content (AvgIpc) is 3.55. The number of hydrogen-bond donors (Lipinski definition) is 4. The number of rotatable bonds is 6. The minimum absolute atomic E-state index is 0.0000913. The highest BCUT2D eigenvalue weighted by Gasteiger charge is 2.48. The highest BCUT2D eigenvalue weighted by molar-refractivity contribution is 5.71. The van der Waals surface area contributed by atoms with Crippen LogP contribution in [0.4, 0.5) is 14.6 Å². The number of aromatic nitrogens is 3. The van der Waals surface area contributed by atoms with Gasteiger partial charge in [-0.1, -0.05) is 6.07 Å². The summed E-state index contributed by atoms with van der Waals surface area (Å²) in [4.78, 5) is 8.72. The summed E-state index contributed by atoms with van der Waals surface area (Å²) in [7, 11) is 0. The number of nitrogens with one attached hydrogen (secondary N) is 1. The summed E-state index contributed by atoms with van der Waals surface area (Å²) < 4.78 is 45.3. The monoisotopic (exact) mass is 478 g/mol. The van der Waals surface area contributed by atoms with E-state index in [9.17, 15) is 24.1 Å². The van der Waals surface area contributed by atoms with Crippen molar-refractivity contribution < 1.29 is 38.3 Å². The van der Waals surface area contributed by atoms with Crippen LogP contribution in [0.5, 0.6) is 0 Å². The van der Waals surface area contributed by atoms with Gasteiger partial charge in [0, 0.05) is 6.20 Å². The first-order valence-electron chi connectivity index (χ1n) is 10.8. The number of ether oxygens (including phenoxy) is 3. The maximum Gasteiger partial charge on any atom is 0.182 e. The minimum Gasteiger partial charge on any atom is -0.387 e. The normalized spacial score (nSPS) is 27.4. The van der Waals surface area contributed by atoms with Gasteiger partial charge in [0.05, 0.1) is 25.3 Å². The van der Waals surface area contributed by atoms with Crippen LogP contribution in [0.3, 0.4) is 0 Å². The average molecular weight is 478 g/mol. The smallest absolute Gasteiger partial charge is 0.182 e. The van der Waals surface area contributed by atoms with Crippen molar-refractivity contribution in [3.8, 4) is 11.4 Å². The number of halogens is 2. The number of anilines is 1. The second kappa shape index (κ2) is 8.80. The van der Waals surface area contributed by atoms with E-state index in [1.165, 1.54) is 17.0 Å². The summed E-state index contributed by atoms with van der Waals surface area (Å²) in [6, 6.07) is 4.60. The van der Waals surface area contributed by atoms with Gasteiger partial charge in [-0.25, -0.2) is 18.7 Å². The van der Waals surface area contributed by atoms with Gasteiger partial charge in [-0.05, 0) is 30.7 Å². The van der Waals surface area contributed by atoms with Crippen molar-refractivity contribution in [1.29, 1.82) is 0 Å². The van der Waals surface area contributed by atoms with Gasteiger partial charge in [0.1, 0.15) is 42.4 Å². The standard InChI is InChI=1S/C22H24F2N4O6/c1-22(32-6-7-33-22)9-26-19-12-4-5-25-20(12)28(10-27-19)21-17(31)16(30)18(34-21)15(29)11-2-3-13(23)14(24)8-11/h2-5,8,10,15-18,21,26,29-31H,6-7,9H2,1H3/t15-,16+,17-,18-,21-/m1/s1. The van der Waals surface area contributed by atoms with Gasteiger partial charge in [0.25, 0.3) is 0 Å². The van der Waals surface area contributed by atoms with E-state index in [0.29, 0.717) is 37.0 Å². The molecule has 0 aromatic heterocycles. The minimum atomic E-state index is -1.52. The molecule has 10 nitrogen and oxygen atoms in total. The van der Waals surface area contributed by atoms with Crippen LogP contribution in [-0.4, -0.2) is 73.7 Å². The van der Waals surface area contributed by atoms with Crippen molar-refractivity contribution in [2.75, 3.05) is 25.1 Å². The molecule has 0 aliphatic carbocycles. The first-order chi connectivity index (χ1) is 16.3. The van der Waals surface area contributed by atoms with Crippen LogP contribution in [0.15, 0.2) is 36.8 Å². The third-order valence-electron chi connectivity index (χ3n) is 6.11. The van der Waals surface area contributed by atoms with Crippen molar-refractivity contribution in [3.05, 3.63) is 54.0 Å². The van der Waals surface area contributed by atoms with E-state index in [1.54, 1.807) is 12.3 Å². The Bertz CT molecular complexity index is 1140. The molecule has 5 atom stereocenters. The lowest BCUT2D eigenvalue weighted by Gasteiger charge is -2.25. The highest BCUT2D eigenvalue weighted by Crippen LogP contribution is 2.39. The van der Waals surface area contributed by atoms with Gasteiger partial charge < -0.3 is 34.8 Å². The van der Waals surface area contributed by atoms with Crippen molar-refractivity contribution in [2.45, 2.75) is 43.4 Å². The summed E-state index contributed by atoms with van der Waals surface area (Å²) in [5, 5.41) is 35.1. The molecule has 12 heteroatoms. The zero-order valence-corrected chi connectivity index (χ0v) is 18.1. The summed E-state index contributed by atoms with van der Waals surface area (Å²) in [5.41, 5.74) is 0.624. The van der Waals surface area contributed by atoms with Gasteiger partial charge in [-0.3, -0.25) is 4.57 Å². The maximum absolute atomic E-state index is 13.6. The third-order valence-corrected chi connectivity index (χ3v) is 6.11. The molecule has 4 aliphatic rings. The van der Waals surface area contributed by atoms with Crippen molar-refractivity contribution in [2.24, 2.45) is 0 Å². The quantitative estimate of drug-likeness (QED) is 0.413. The molecule has 0 unspecified atom stereocenters. The first kappa shape index (κ1) is 23.0. The number of nitrogens with zero attached hydrogens (tertiary/aromatic N) is 3. The molecule has 0 saturated carbocycles. The van der Waals surface area contributed by atoms with E-state index in [2.05, 4.69) is 15.3 Å². The Kier molecular flexibility index (Phi) is 5.96. The number of aliphatic hydroxyl groups is 3. The van der Waals surface area contributed by atoms with Crippen LogP contribution in [0.25, 0.3) is 11.4 Å². The Morgan fingerprint density at radius 2 is 1.91 bits per heavy atom. The van der Waals surface area contributed by atoms with Gasteiger partial charge in [0.2, 0.25) is 0 Å². The first-order valence-corrected chi connectivity index (χ1v) is 10.8. The molecule has 0 bridgehead atoms. The fourth-order valence-electron chi connectivity index (χ4n) is 4.25. The lowest BCUT2D eigenvalue weighted by Crippen LogP contribution is -2.35. The van der Waals surface area contributed by atoms with Gasteiger partial charge in [-0.15, -0.1) is 0 Å². The Balaban J connectivity index is 1.38. The van der Waals surface area contributed by atoms with Crippen LogP contribution >= 0.6 is 0 Å². The highest BCUT2D eigenvalue weighted by atomic mass is 19.2. The predicted octanol–water partition coefficient (Wildman–Crippen LogP) is 1.19. The molecule has 4 heterocycles. The zero-order valence-electron chi connectivity index (χ0n) is 18.1. The van der Waals surface area contributed by atoms with Gasteiger partial charge in [0.15, 0.2) is 23.6 Å². The third kappa shape index (κ3) is 4.02. The SMILES string of the molecule is CC1(CNc2ncn([C@@H]3O[C@H]([C@H](O)c4ccc(F)c(F)c4)[C@@H](O)[C@H]3O)c3nccc2-3)OCCO1. The van der Waals surface area contributed by atoms with Crippen LogP contribution < -0.4 is 5.32 Å². The van der Waals surface area contributed by atoms with Crippen molar-refractivity contribution in [3.63, 3.8) is 0 Å². The summed E-state index contributed by atoms with van der Waals surface area (Å²) in [6.45, 7) is 3.17. The molecule has 4 N–H and O–H groups in total. The van der Waals surface area contributed by atoms with E-state index in [0.717, 1.165) is 12.1 Å². The van der Waals surface area contributed by atoms with E-state index in [-0.39, 0.29) is 5.56 Å². The van der Waals surface area contributed by atoms with E-state index in [1.807, 2.05) is 6.92 Å². The van der Waals surface area contributed by atoms with Crippen molar-refractivity contribution >= 4 is 5.82 Å². The molecule has 182 valence electrons. The zero-order chi connectivity index (χ0) is 24.0. The van der Waals surface area contributed by atoms with Crippen LogP contribution in [0.1, 0.15) is 24.8 Å². The molecule has 0 amide bonds. The Hall–Kier alpha value is -2.74. The van der Waals surface area contributed by atoms with Crippen LogP contribution in [0.2, 0.25) is 0 Å². The Labute approximate surface area is 193 Å². The Morgan fingerprint density at radius 3 is 2.65 bits per heavy atom. The van der Waals surface area contributed by atoms with Crippen LogP contribution in [0, 0.1) is 11.6 Å². The number of aliphatic hydroxyl groups excluding tert-OH is 3. The maximum atomic E-state index is 13.6. The number of fused-ring (bicyclic) bond motifs is 1. The second-order valence-corrected chi connectivity index (χ2v) is 8.46. The lowest BCUT2D eigenvalue weighted by atomic mass is 9.99. The molecule has 5 rings (SSSR count). The molecule has 0 spiro atoms. The van der Waals surface area contributed by atoms with Crippen molar-refractivity contribution in [1.82, 2.24) is 14.5 Å². The van der Waals surface area contributed by atoms with E-state index < -0.39 is 48.1 Å². The molecule has 4 aliphatic heterocycles. The molecular weight excluding hydrogens is 454 g/mol. The number of hydrogen-bond acceptors (Lipinski definition) is 9. The van der Waals surface area contributed by atoms with E-state index in [4.69, 9.17) is 14.2 Å². The van der Waals surface area contributed by atoms with E-state index >= 15 is 0 Å². The molecular formula is C22H24F2N4O6. The van der Waals surface area contributed by atoms with Crippen LogP contribution in [-0.2, 0) is 14.2 Å². The molecule has 2 fully saturated rings. The fraction of sp³-hybridized carbons (Fsp3) is 0.455. The summed E-state index contributed by atoms with van der Waals surface area (Å²) in [6.07, 6.45) is -3.98. The summed E-state index contributed by atoms with van der Waals surface area (Å²) >= 11 is 0. The fourth-order valence-corrected chi connectivity index (χ4v) is 4.25. The lowest BCUT2D eigenvalue weighted by molar-refractivity contribution is -0.129. The molecule has 1 aromatic rings. The molecule has 0 radical (unpaired) electrons. The van der Waals surface area contributed by atoms with Gasteiger partial charge in [-0.2, -0.15) is 0 Å². The molecule has 34 heavy (non-hydrogen) atoms. The second-order valence-electron chi connectivity index (χ2n) is 8.46. The topological polar surface area (TPSA) is 131 Å². The summed E-state index contributed by atoms with van der Waals surface area (Å²) in [5.74, 6) is -2.07. The molecule has 1 aromatic carbocycles. The Morgan fingerprint density at radius 1 is 1.15 bits per heavy atom. The largest absolute Gasteiger partial charge is 0.387 e.